The van der Waals surface area contributed by atoms with Crippen molar-refractivity contribution in [1.82, 2.24) is 5.32 Å². The maximum atomic E-state index is 14.4. The summed E-state index contributed by atoms with van der Waals surface area (Å²) < 4.78 is 56.4. The van der Waals surface area contributed by atoms with E-state index in [0.717, 1.165) is 31.2 Å². The van der Waals surface area contributed by atoms with Crippen molar-refractivity contribution < 1.29 is 31.9 Å². The lowest BCUT2D eigenvalue weighted by molar-refractivity contribution is -0.188. The summed E-state index contributed by atoms with van der Waals surface area (Å²) in [6, 6.07) is 11.3. The van der Waals surface area contributed by atoms with Crippen molar-refractivity contribution in [2.75, 3.05) is 4.90 Å². The lowest BCUT2D eigenvalue weighted by atomic mass is 9.84. The molecule has 0 saturated heterocycles. The molecule has 1 aliphatic heterocycles. The number of carbonyl (C=O) groups excluding carboxylic acids is 3. The number of rotatable bonds is 4. The number of anilines is 1. The normalized spacial score (nSPS) is 19.3. The molecule has 2 amide bonds. The molecule has 156 valence electrons. The molecule has 1 aliphatic rings. The minimum absolute atomic E-state index is 0.0752. The van der Waals surface area contributed by atoms with Crippen LogP contribution >= 0.6 is 0 Å². The van der Waals surface area contributed by atoms with Gasteiger partial charge >= 0.3 is 6.18 Å². The number of hydrogen-bond acceptors (Lipinski definition) is 3. The maximum absolute atomic E-state index is 14.4. The van der Waals surface area contributed by atoms with Gasteiger partial charge in [-0.3, -0.25) is 19.3 Å². The van der Waals surface area contributed by atoms with Crippen LogP contribution in [0, 0.1) is 5.82 Å². The minimum Gasteiger partial charge on any atom is -0.331 e. The summed E-state index contributed by atoms with van der Waals surface area (Å²) in [5.74, 6) is -4.44. The summed E-state index contributed by atoms with van der Waals surface area (Å²) in [5, 5.41) is 1.68. The largest absolute Gasteiger partial charge is 0.425 e. The summed E-state index contributed by atoms with van der Waals surface area (Å²) in [6.45, 7) is 1.99. The molecular weight excluding hydrogens is 404 g/mol. The van der Waals surface area contributed by atoms with E-state index >= 15 is 0 Å². The van der Waals surface area contributed by atoms with E-state index in [-0.39, 0.29) is 16.9 Å². The van der Waals surface area contributed by atoms with Crippen LogP contribution in [-0.2, 0) is 9.59 Å². The van der Waals surface area contributed by atoms with Crippen molar-refractivity contribution in [3.05, 3.63) is 77.2 Å². The predicted molar refractivity (Wildman–Crippen MR) is 100.0 cm³/mol. The van der Waals surface area contributed by atoms with Crippen molar-refractivity contribution in [3.63, 3.8) is 0 Å². The standard InChI is InChI=1S/C21H16F4N2O3/c1-12-17(18(29)14-6-4-3-5-7-14)20(21(23,24)25,26-13(2)28)19(30)27(12)16-10-8-15(22)9-11-16/h3-11H,1-2H3,(H,26,28)/t20-/m1/s1. The topological polar surface area (TPSA) is 66.5 Å². The Bertz CT molecular complexity index is 1050. The first-order valence-electron chi connectivity index (χ1n) is 8.77. The molecule has 0 spiro atoms. The highest BCUT2D eigenvalue weighted by molar-refractivity contribution is 6.23. The van der Waals surface area contributed by atoms with Crippen LogP contribution in [0.25, 0.3) is 0 Å². The molecule has 0 unspecified atom stereocenters. The number of ketones is 1. The number of nitrogens with one attached hydrogen (secondary N) is 1. The first kappa shape index (κ1) is 21.2. The van der Waals surface area contributed by atoms with Gasteiger partial charge < -0.3 is 5.32 Å². The molecule has 0 radical (unpaired) electrons. The maximum Gasteiger partial charge on any atom is 0.425 e. The van der Waals surface area contributed by atoms with Crippen molar-refractivity contribution in [2.24, 2.45) is 0 Å². The number of benzene rings is 2. The number of halogens is 4. The monoisotopic (exact) mass is 420 g/mol. The highest BCUT2D eigenvalue weighted by Crippen LogP contribution is 2.47. The quantitative estimate of drug-likeness (QED) is 0.605. The van der Waals surface area contributed by atoms with Crippen LogP contribution in [0.1, 0.15) is 24.2 Å². The number of allylic oxidation sites excluding steroid dienone is 1. The van der Waals surface area contributed by atoms with Crippen LogP contribution in [0.3, 0.4) is 0 Å². The number of hydrogen-bond donors (Lipinski definition) is 1. The summed E-state index contributed by atoms with van der Waals surface area (Å²) in [7, 11) is 0. The lowest BCUT2D eigenvalue weighted by Gasteiger charge is -2.33. The number of amides is 2. The SMILES string of the molecule is CC(=O)N[C@@]1(C(F)(F)F)C(=O)N(c2ccc(F)cc2)C(C)=C1C(=O)c1ccccc1. The van der Waals surface area contributed by atoms with Gasteiger partial charge in [-0.25, -0.2) is 4.39 Å². The van der Waals surface area contributed by atoms with Crippen molar-refractivity contribution in [2.45, 2.75) is 25.6 Å². The first-order chi connectivity index (χ1) is 14.0. The molecule has 3 rings (SSSR count). The average molecular weight is 420 g/mol. The highest BCUT2D eigenvalue weighted by atomic mass is 19.4. The number of nitrogens with zero attached hydrogens (tertiary/aromatic N) is 1. The van der Waals surface area contributed by atoms with Gasteiger partial charge in [-0.2, -0.15) is 13.2 Å². The zero-order valence-electron chi connectivity index (χ0n) is 15.9. The van der Waals surface area contributed by atoms with E-state index in [4.69, 9.17) is 0 Å². The van der Waals surface area contributed by atoms with Gasteiger partial charge in [0.2, 0.25) is 11.4 Å². The van der Waals surface area contributed by atoms with Gasteiger partial charge in [0.05, 0.1) is 5.57 Å². The van der Waals surface area contributed by atoms with Gasteiger partial charge in [0.25, 0.3) is 5.91 Å². The molecule has 0 aliphatic carbocycles. The van der Waals surface area contributed by atoms with E-state index < -0.39 is 40.7 Å². The zero-order chi connectivity index (χ0) is 22.3. The Hall–Kier alpha value is -3.49. The summed E-state index contributed by atoms with van der Waals surface area (Å²) in [6.07, 6.45) is -5.33. The summed E-state index contributed by atoms with van der Waals surface area (Å²) >= 11 is 0. The van der Waals surface area contributed by atoms with Gasteiger partial charge in [-0.1, -0.05) is 30.3 Å². The molecule has 0 saturated carbocycles. The van der Waals surface area contributed by atoms with Crippen LogP contribution in [0.5, 0.6) is 0 Å². The van der Waals surface area contributed by atoms with E-state index in [1.807, 2.05) is 0 Å². The van der Waals surface area contributed by atoms with E-state index in [1.165, 1.54) is 31.2 Å². The Morgan fingerprint density at radius 2 is 1.57 bits per heavy atom. The van der Waals surface area contributed by atoms with Crippen LogP contribution < -0.4 is 10.2 Å². The molecule has 2 aromatic rings. The van der Waals surface area contributed by atoms with Gasteiger partial charge in [0.15, 0.2) is 5.78 Å². The highest BCUT2D eigenvalue weighted by Gasteiger charge is 2.70. The number of carbonyl (C=O) groups is 3. The molecule has 0 bridgehead atoms. The second-order valence-corrected chi connectivity index (χ2v) is 6.70. The van der Waals surface area contributed by atoms with Gasteiger partial charge in [0.1, 0.15) is 5.82 Å². The molecule has 9 heteroatoms. The number of Topliss-reactive ketones (excluding diaryl/α,β-unsaturated/α-hetero) is 1. The third kappa shape index (κ3) is 3.26. The Balaban J connectivity index is 2.31. The van der Waals surface area contributed by atoms with Crippen LogP contribution in [0.2, 0.25) is 0 Å². The zero-order valence-corrected chi connectivity index (χ0v) is 15.9. The Kier molecular flexibility index (Phi) is 5.23. The van der Waals surface area contributed by atoms with Gasteiger partial charge in [0, 0.05) is 23.9 Å². The fourth-order valence-corrected chi connectivity index (χ4v) is 3.49. The first-order valence-corrected chi connectivity index (χ1v) is 8.77. The fraction of sp³-hybridized carbons (Fsp3) is 0.190. The molecule has 0 aromatic heterocycles. The van der Waals surface area contributed by atoms with E-state index in [2.05, 4.69) is 0 Å². The molecule has 1 atom stereocenters. The molecule has 5 nitrogen and oxygen atoms in total. The third-order valence-electron chi connectivity index (χ3n) is 4.73. The van der Waals surface area contributed by atoms with Crippen LogP contribution in [0.4, 0.5) is 23.2 Å². The van der Waals surface area contributed by atoms with Gasteiger partial charge in [-0.05, 0) is 31.2 Å². The Labute approximate surface area is 169 Å². The van der Waals surface area contributed by atoms with E-state index in [0.29, 0.717) is 4.90 Å². The molecule has 30 heavy (non-hydrogen) atoms. The summed E-state index contributed by atoms with van der Waals surface area (Å²) in [5.41, 5.74) is -4.96. The molecule has 0 fully saturated rings. The molecule has 2 aromatic carbocycles. The smallest absolute Gasteiger partial charge is 0.331 e. The van der Waals surface area contributed by atoms with E-state index in [1.54, 1.807) is 11.4 Å². The second kappa shape index (κ2) is 7.40. The van der Waals surface area contributed by atoms with Gasteiger partial charge in [-0.15, -0.1) is 0 Å². The average Bonchev–Trinajstić information content (AvgIpc) is 2.89. The molecule has 1 N–H and O–H groups in total. The van der Waals surface area contributed by atoms with Crippen molar-refractivity contribution >= 4 is 23.3 Å². The third-order valence-corrected chi connectivity index (χ3v) is 4.73. The predicted octanol–water partition coefficient (Wildman–Crippen LogP) is 3.77. The molecular formula is C21H16F4N2O3. The van der Waals surface area contributed by atoms with Crippen molar-refractivity contribution in [3.8, 4) is 0 Å². The van der Waals surface area contributed by atoms with Crippen molar-refractivity contribution in [1.29, 1.82) is 0 Å². The Morgan fingerprint density at radius 3 is 2.07 bits per heavy atom. The Morgan fingerprint density at radius 1 is 1.00 bits per heavy atom. The number of alkyl halides is 3. The van der Waals surface area contributed by atoms with E-state index in [9.17, 15) is 31.9 Å². The molecule has 1 heterocycles. The summed E-state index contributed by atoms with van der Waals surface area (Å²) in [4.78, 5) is 38.7. The minimum atomic E-state index is -5.33. The van der Waals surface area contributed by atoms with Crippen LogP contribution in [-0.4, -0.2) is 29.3 Å². The van der Waals surface area contributed by atoms with Crippen LogP contribution in [0.15, 0.2) is 65.9 Å². The second-order valence-electron chi connectivity index (χ2n) is 6.70. The fourth-order valence-electron chi connectivity index (χ4n) is 3.49. The lowest BCUT2D eigenvalue weighted by Crippen LogP contribution is -2.66.